The number of nitrogens with zero attached hydrogens (tertiary/aromatic N) is 4. The molecule has 2 heterocycles. The number of aromatic nitrogens is 4. The number of imidazole rings is 1. The lowest BCUT2D eigenvalue weighted by Gasteiger charge is -2.08. The summed E-state index contributed by atoms with van der Waals surface area (Å²) in [5, 5.41) is 3.07. The minimum absolute atomic E-state index is 0.801. The molecule has 5 heteroatoms. The van der Waals surface area contributed by atoms with Crippen molar-refractivity contribution in [3.05, 3.63) is 42.5 Å². The van der Waals surface area contributed by atoms with Gasteiger partial charge in [-0.2, -0.15) is 0 Å². The van der Waals surface area contributed by atoms with Crippen LogP contribution in [0.5, 0.6) is 0 Å². The SMILES string of the molecule is CCc1nc(NC)cc(-n2cnc3ccccc32)n1. The van der Waals surface area contributed by atoms with Gasteiger partial charge in [-0.15, -0.1) is 0 Å². The molecule has 19 heavy (non-hydrogen) atoms. The van der Waals surface area contributed by atoms with Gasteiger partial charge >= 0.3 is 0 Å². The Morgan fingerprint density at radius 2 is 2.05 bits per heavy atom. The second-order valence-corrected chi connectivity index (χ2v) is 4.23. The number of benzene rings is 1. The van der Waals surface area contributed by atoms with E-state index in [9.17, 15) is 0 Å². The van der Waals surface area contributed by atoms with Crippen molar-refractivity contribution in [1.29, 1.82) is 0 Å². The minimum Gasteiger partial charge on any atom is -0.373 e. The van der Waals surface area contributed by atoms with E-state index in [1.54, 1.807) is 6.33 Å². The third-order valence-electron chi connectivity index (χ3n) is 3.03. The monoisotopic (exact) mass is 253 g/mol. The van der Waals surface area contributed by atoms with Gasteiger partial charge in [0.25, 0.3) is 0 Å². The molecule has 0 saturated carbocycles. The fourth-order valence-corrected chi connectivity index (χ4v) is 2.03. The minimum atomic E-state index is 0.801. The first-order valence-corrected chi connectivity index (χ1v) is 6.30. The number of aryl methyl sites for hydroxylation is 1. The van der Waals surface area contributed by atoms with E-state index in [4.69, 9.17) is 0 Å². The van der Waals surface area contributed by atoms with E-state index in [-0.39, 0.29) is 0 Å². The molecule has 0 saturated heterocycles. The Labute approximate surface area is 111 Å². The summed E-state index contributed by atoms with van der Waals surface area (Å²) in [5.41, 5.74) is 2.01. The first kappa shape index (κ1) is 11.6. The molecule has 1 aromatic carbocycles. The van der Waals surface area contributed by atoms with Crippen LogP contribution in [0.2, 0.25) is 0 Å². The second kappa shape index (κ2) is 4.68. The van der Waals surface area contributed by atoms with Crippen LogP contribution in [0.25, 0.3) is 16.9 Å². The summed E-state index contributed by atoms with van der Waals surface area (Å²) in [4.78, 5) is 13.4. The Hall–Kier alpha value is -2.43. The van der Waals surface area contributed by atoms with Crippen LogP contribution in [0.15, 0.2) is 36.7 Å². The summed E-state index contributed by atoms with van der Waals surface area (Å²) in [6, 6.07) is 9.94. The van der Waals surface area contributed by atoms with Crippen molar-refractivity contribution < 1.29 is 0 Å². The zero-order chi connectivity index (χ0) is 13.2. The van der Waals surface area contributed by atoms with Crippen LogP contribution in [0, 0.1) is 0 Å². The molecule has 0 spiro atoms. The lowest BCUT2D eigenvalue weighted by atomic mass is 10.3. The molecule has 2 aromatic heterocycles. The number of anilines is 1. The van der Waals surface area contributed by atoms with Gasteiger partial charge in [0, 0.05) is 19.5 Å². The van der Waals surface area contributed by atoms with Crippen molar-refractivity contribution >= 4 is 16.9 Å². The van der Waals surface area contributed by atoms with Gasteiger partial charge in [0.15, 0.2) is 0 Å². The van der Waals surface area contributed by atoms with Crippen molar-refractivity contribution in [2.45, 2.75) is 13.3 Å². The highest BCUT2D eigenvalue weighted by molar-refractivity contribution is 5.76. The van der Waals surface area contributed by atoms with E-state index in [0.29, 0.717) is 0 Å². The molecule has 0 aliphatic heterocycles. The molecule has 0 bridgehead atoms. The summed E-state index contributed by atoms with van der Waals surface area (Å²) in [7, 11) is 1.86. The molecule has 0 radical (unpaired) electrons. The molecule has 3 rings (SSSR count). The number of nitrogens with one attached hydrogen (secondary N) is 1. The molecule has 0 aliphatic carbocycles. The fraction of sp³-hybridized carbons (Fsp3) is 0.214. The maximum Gasteiger partial charge on any atom is 0.144 e. The van der Waals surface area contributed by atoms with Crippen molar-refractivity contribution in [3.63, 3.8) is 0 Å². The van der Waals surface area contributed by atoms with Gasteiger partial charge in [-0.25, -0.2) is 15.0 Å². The van der Waals surface area contributed by atoms with E-state index in [0.717, 1.165) is 34.9 Å². The largest absolute Gasteiger partial charge is 0.373 e. The van der Waals surface area contributed by atoms with Gasteiger partial charge in [-0.1, -0.05) is 19.1 Å². The molecule has 0 amide bonds. The topological polar surface area (TPSA) is 55.6 Å². The van der Waals surface area contributed by atoms with Gasteiger partial charge in [0.2, 0.25) is 0 Å². The third kappa shape index (κ3) is 2.03. The van der Waals surface area contributed by atoms with Crippen molar-refractivity contribution in [2.75, 3.05) is 12.4 Å². The predicted molar refractivity (Wildman–Crippen MR) is 75.6 cm³/mol. The Balaban J connectivity index is 2.20. The van der Waals surface area contributed by atoms with Crippen LogP contribution in [0.4, 0.5) is 5.82 Å². The van der Waals surface area contributed by atoms with Crippen molar-refractivity contribution in [2.24, 2.45) is 0 Å². The molecule has 0 fully saturated rings. The maximum atomic E-state index is 4.56. The molecule has 0 unspecified atom stereocenters. The number of hydrogen-bond acceptors (Lipinski definition) is 4. The Morgan fingerprint density at radius 1 is 1.21 bits per heavy atom. The average molecular weight is 253 g/mol. The molecular weight excluding hydrogens is 238 g/mol. The summed E-state index contributed by atoms with van der Waals surface area (Å²) in [5.74, 6) is 2.48. The maximum absolute atomic E-state index is 4.56. The number of hydrogen-bond donors (Lipinski definition) is 1. The zero-order valence-electron chi connectivity index (χ0n) is 11.0. The van der Waals surface area contributed by atoms with Crippen LogP contribution in [0.3, 0.4) is 0 Å². The van der Waals surface area contributed by atoms with Gasteiger partial charge in [0.05, 0.1) is 11.0 Å². The van der Waals surface area contributed by atoms with E-state index in [2.05, 4.69) is 20.3 Å². The average Bonchev–Trinajstić information content (AvgIpc) is 2.90. The third-order valence-corrected chi connectivity index (χ3v) is 3.03. The Morgan fingerprint density at radius 3 is 2.84 bits per heavy atom. The molecule has 1 N–H and O–H groups in total. The highest BCUT2D eigenvalue weighted by Gasteiger charge is 2.08. The first-order valence-electron chi connectivity index (χ1n) is 6.30. The van der Waals surface area contributed by atoms with Gasteiger partial charge in [-0.05, 0) is 12.1 Å². The molecular formula is C14H15N5. The van der Waals surface area contributed by atoms with Crippen LogP contribution < -0.4 is 5.32 Å². The summed E-state index contributed by atoms with van der Waals surface area (Å²) < 4.78 is 1.98. The van der Waals surface area contributed by atoms with Gasteiger partial charge in [-0.3, -0.25) is 4.57 Å². The number of rotatable bonds is 3. The van der Waals surface area contributed by atoms with E-state index in [1.807, 2.05) is 48.9 Å². The highest BCUT2D eigenvalue weighted by Crippen LogP contribution is 2.18. The number of para-hydroxylation sites is 2. The smallest absolute Gasteiger partial charge is 0.144 e. The fourth-order valence-electron chi connectivity index (χ4n) is 2.03. The summed E-state index contributed by atoms with van der Waals surface area (Å²) in [6.07, 6.45) is 2.60. The van der Waals surface area contributed by atoms with E-state index in [1.165, 1.54) is 0 Å². The summed E-state index contributed by atoms with van der Waals surface area (Å²) in [6.45, 7) is 2.05. The quantitative estimate of drug-likeness (QED) is 0.778. The lowest BCUT2D eigenvalue weighted by Crippen LogP contribution is -2.04. The van der Waals surface area contributed by atoms with Crippen LogP contribution >= 0.6 is 0 Å². The molecule has 3 aromatic rings. The van der Waals surface area contributed by atoms with Crippen molar-refractivity contribution in [1.82, 2.24) is 19.5 Å². The molecule has 0 aliphatic rings. The number of fused-ring (bicyclic) bond motifs is 1. The Kier molecular flexibility index (Phi) is 2.87. The predicted octanol–water partition coefficient (Wildman–Crippen LogP) is 2.42. The zero-order valence-corrected chi connectivity index (χ0v) is 11.0. The second-order valence-electron chi connectivity index (χ2n) is 4.23. The van der Waals surface area contributed by atoms with Crippen LogP contribution in [0.1, 0.15) is 12.7 Å². The Bertz CT molecular complexity index is 694. The molecule has 0 atom stereocenters. The highest BCUT2D eigenvalue weighted by atomic mass is 15.1. The first-order chi connectivity index (χ1) is 9.31. The van der Waals surface area contributed by atoms with E-state index < -0.39 is 0 Å². The van der Waals surface area contributed by atoms with Gasteiger partial charge in [0.1, 0.15) is 23.8 Å². The van der Waals surface area contributed by atoms with E-state index >= 15 is 0 Å². The molecule has 96 valence electrons. The van der Waals surface area contributed by atoms with Crippen LogP contribution in [-0.2, 0) is 6.42 Å². The summed E-state index contributed by atoms with van der Waals surface area (Å²) >= 11 is 0. The molecule has 5 nitrogen and oxygen atoms in total. The normalized spacial score (nSPS) is 10.8. The standard InChI is InChI=1S/C14H15N5/c1-3-12-17-13(15-2)8-14(18-12)19-9-16-10-6-4-5-7-11(10)19/h4-9H,3H2,1-2H3,(H,15,17,18). The lowest BCUT2D eigenvalue weighted by molar-refractivity contribution is 0.898. The van der Waals surface area contributed by atoms with Crippen LogP contribution in [-0.4, -0.2) is 26.6 Å². The van der Waals surface area contributed by atoms with Crippen molar-refractivity contribution in [3.8, 4) is 5.82 Å². The van der Waals surface area contributed by atoms with Gasteiger partial charge < -0.3 is 5.32 Å².